The van der Waals surface area contributed by atoms with E-state index in [9.17, 15) is 4.39 Å². The highest BCUT2D eigenvalue weighted by Gasteiger charge is 2.15. The molecule has 104 valence electrons. The molecule has 0 bridgehead atoms. The molecule has 0 atom stereocenters. The van der Waals surface area contributed by atoms with Gasteiger partial charge in [0.2, 0.25) is 0 Å². The third-order valence-corrected chi connectivity index (χ3v) is 3.81. The zero-order valence-corrected chi connectivity index (χ0v) is 11.5. The molecule has 0 unspecified atom stereocenters. The average Bonchev–Trinajstić information content (AvgIpc) is 2.61. The van der Waals surface area contributed by atoms with Crippen LogP contribution in [0.25, 0.3) is 0 Å². The van der Waals surface area contributed by atoms with E-state index in [0.29, 0.717) is 12.2 Å². The molecule has 1 heterocycles. The van der Waals surface area contributed by atoms with Crippen LogP contribution in [0.2, 0.25) is 0 Å². The molecule has 0 aromatic heterocycles. The molecule has 1 aliphatic heterocycles. The van der Waals surface area contributed by atoms with E-state index in [-0.39, 0.29) is 5.82 Å². The summed E-state index contributed by atoms with van der Waals surface area (Å²) < 4.78 is 13.5. The summed E-state index contributed by atoms with van der Waals surface area (Å²) in [5.41, 5.74) is 9.81. The summed E-state index contributed by atoms with van der Waals surface area (Å²) in [7, 11) is 0. The second-order valence-corrected chi connectivity index (χ2v) is 5.40. The maximum absolute atomic E-state index is 13.5. The van der Waals surface area contributed by atoms with Crippen LogP contribution < -0.4 is 10.6 Å². The van der Waals surface area contributed by atoms with Crippen LogP contribution in [0.5, 0.6) is 0 Å². The molecule has 2 aromatic rings. The van der Waals surface area contributed by atoms with Crippen LogP contribution in [-0.4, -0.2) is 6.54 Å². The molecule has 0 spiro atoms. The van der Waals surface area contributed by atoms with Gasteiger partial charge in [-0.2, -0.15) is 0 Å². The fourth-order valence-electron chi connectivity index (χ4n) is 2.92. The lowest BCUT2D eigenvalue weighted by molar-refractivity contribution is 0.624. The van der Waals surface area contributed by atoms with Gasteiger partial charge in [-0.15, -0.1) is 0 Å². The number of benzene rings is 2. The third kappa shape index (κ3) is 2.77. The number of nitrogens with two attached hydrogens (primary N) is 1. The lowest BCUT2D eigenvalue weighted by atomic mass is 10.1. The van der Waals surface area contributed by atoms with Gasteiger partial charge in [0.25, 0.3) is 0 Å². The van der Waals surface area contributed by atoms with Crippen molar-refractivity contribution in [3.8, 4) is 0 Å². The summed E-state index contributed by atoms with van der Waals surface area (Å²) in [6.07, 6.45) is 3.50. The second-order valence-electron chi connectivity index (χ2n) is 5.40. The summed E-state index contributed by atoms with van der Waals surface area (Å²) in [5, 5.41) is 0. The Bertz CT molecular complexity index is 589. The van der Waals surface area contributed by atoms with Gasteiger partial charge in [-0.3, -0.25) is 0 Å². The highest BCUT2D eigenvalue weighted by Crippen LogP contribution is 2.27. The molecule has 0 aliphatic carbocycles. The van der Waals surface area contributed by atoms with Crippen LogP contribution in [0.4, 0.5) is 15.8 Å². The van der Waals surface area contributed by atoms with Crippen molar-refractivity contribution in [1.29, 1.82) is 0 Å². The predicted molar refractivity (Wildman–Crippen MR) is 81.2 cm³/mol. The van der Waals surface area contributed by atoms with Gasteiger partial charge < -0.3 is 10.6 Å². The Labute approximate surface area is 119 Å². The third-order valence-electron chi connectivity index (χ3n) is 3.81. The van der Waals surface area contributed by atoms with Crippen molar-refractivity contribution in [2.24, 2.45) is 0 Å². The summed E-state index contributed by atoms with van der Waals surface area (Å²) in [6.45, 7) is 1.71. The molecular weight excluding hydrogens is 251 g/mol. The van der Waals surface area contributed by atoms with Gasteiger partial charge in [0.15, 0.2) is 0 Å². The molecule has 20 heavy (non-hydrogen) atoms. The van der Waals surface area contributed by atoms with Gasteiger partial charge in [0, 0.05) is 24.5 Å². The predicted octanol–water partition coefficient (Wildman–Crippen LogP) is 3.75. The minimum atomic E-state index is -0.261. The number of para-hydroxylation sites is 1. The molecule has 2 aromatic carbocycles. The number of halogens is 1. The van der Waals surface area contributed by atoms with Gasteiger partial charge >= 0.3 is 0 Å². The maximum atomic E-state index is 13.5. The van der Waals surface area contributed by atoms with Crippen molar-refractivity contribution < 1.29 is 4.39 Å². The molecule has 3 rings (SSSR count). The topological polar surface area (TPSA) is 29.3 Å². The first-order valence-corrected chi connectivity index (χ1v) is 7.10. The Kier molecular flexibility index (Phi) is 3.59. The maximum Gasteiger partial charge on any atom is 0.125 e. The van der Waals surface area contributed by atoms with E-state index in [1.807, 2.05) is 6.07 Å². The number of anilines is 2. The molecule has 2 nitrogen and oxygen atoms in total. The Morgan fingerprint density at radius 3 is 2.80 bits per heavy atom. The number of hydrogen-bond donors (Lipinski definition) is 1. The van der Waals surface area contributed by atoms with E-state index in [1.54, 1.807) is 6.07 Å². The Morgan fingerprint density at radius 2 is 1.95 bits per heavy atom. The zero-order valence-electron chi connectivity index (χ0n) is 11.5. The number of hydrogen-bond acceptors (Lipinski definition) is 2. The number of nitrogens with zero attached hydrogens (tertiary/aromatic N) is 1. The normalized spacial score (nSPS) is 14.8. The minimum absolute atomic E-state index is 0.261. The van der Waals surface area contributed by atoms with Crippen LogP contribution in [0.15, 0.2) is 42.5 Å². The highest BCUT2D eigenvalue weighted by atomic mass is 19.1. The van der Waals surface area contributed by atoms with Crippen LogP contribution in [0.1, 0.15) is 24.0 Å². The molecule has 0 saturated carbocycles. The molecule has 3 heteroatoms. The lowest BCUT2D eigenvalue weighted by Crippen LogP contribution is -2.23. The van der Waals surface area contributed by atoms with E-state index in [4.69, 9.17) is 5.73 Å². The van der Waals surface area contributed by atoms with Gasteiger partial charge in [0.05, 0.1) is 0 Å². The average molecular weight is 270 g/mol. The van der Waals surface area contributed by atoms with Crippen molar-refractivity contribution in [2.75, 3.05) is 17.2 Å². The molecule has 0 amide bonds. The largest absolute Gasteiger partial charge is 0.399 e. The Hall–Kier alpha value is -2.03. The van der Waals surface area contributed by atoms with Crippen LogP contribution in [0, 0.1) is 5.82 Å². The SMILES string of the molecule is Nc1cc(F)cc(CN2CCCCc3ccccc32)c1. The summed E-state index contributed by atoms with van der Waals surface area (Å²) >= 11 is 0. The first-order valence-electron chi connectivity index (χ1n) is 7.10. The van der Waals surface area contributed by atoms with Crippen molar-refractivity contribution in [3.05, 3.63) is 59.4 Å². The van der Waals surface area contributed by atoms with Gasteiger partial charge in [-0.1, -0.05) is 18.2 Å². The van der Waals surface area contributed by atoms with Gasteiger partial charge in [-0.25, -0.2) is 4.39 Å². The number of rotatable bonds is 2. The van der Waals surface area contributed by atoms with Crippen LogP contribution in [0.3, 0.4) is 0 Å². The molecular formula is C17H19FN2. The summed E-state index contributed by atoms with van der Waals surface area (Å²) in [6, 6.07) is 13.3. The van der Waals surface area contributed by atoms with E-state index in [2.05, 4.69) is 29.2 Å². The number of aryl methyl sites for hydroxylation is 1. The van der Waals surface area contributed by atoms with E-state index in [0.717, 1.165) is 18.5 Å². The molecule has 1 aliphatic rings. The van der Waals surface area contributed by atoms with E-state index < -0.39 is 0 Å². The second kappa shape index (κ2) is 5.53. The standard InChI is InChI=1S/C17H19FN2/c18-15-9-13(10-16(19)11-15)12-20-8-4-3-6-14-5-1-2-7-17(14)20/h1-2,5,7,9-11H,3-4,6,8,12,19H2. The fourth-order valence-corrected chi connectivity index (χ4v) is 2.92. The molecule has 0 radical (unpaired) electrons. The summed E-state index contributed by atoms with van der Waals surface area (Å²) in [5.74, 6) is -0.261. The van der Waals surface area contributed by atoms with Crippen molar-refractivity contribution in [1.82, 2.24) is 0 Å². The smallest absolute Gasteiger partial charge is 0.125 e. The molecule has 2 N–H and O–H groups in total. The Balaban J connectivity index is 1.90. The van der Waals surface area contributed by atoms with Crippen molar-refractivity contribution in [3.63, 3.8) is 0 Å². The molecule has 0 fully saturated rings. The van der Waals surface area contributed by atoms with Crippen LogP contribution in [-0.2, 0) is 13.0 Å². The lowest BCUT2D eigenvalue weighted by Gasteiger charge is -2.25. The molecule has 0 saturated heterocycles. The zero-order chi connectivity index (χ0) is 13.9. The number of fused-ring (bicyclic) bond motifs is 1. The summed E-state index contributed by atoms with van der Waals surface area (Å²) in [4.78, 5) is 2.33. The van der Waals surface area contributed by atoms with Crippen molar-refractivity contribution >= 4 is 11.4 Å². The van der Waals surface area contributed by atoms with E-state index >= 15 is 0 Å². The monoisotopic (exact) mass is 270 g/mol. The van der Waals surface area contributed by atoms with Crippen molar-refractivity contribution in [2.45, 2.75) is 25.8 Å². The first-order chi connectivity index (χ1) is 9.72. The minimum Gasteiger partial charge on any atom is -0.399 e. The Morgan fingerprint density at radius 1 is 1.10 bits per heavy atom. The first kappa shape index (κ1) is 13.0. The number of nitrogen functional groups attached to an aromatic ring is 1. The van der Waals surface area contributed by atoms with Gasteiger partial charge in [0.1, 0.15) is 5.82 Å². The fraction of sp³-hybridized carbons (Fsp3) is 0.294. The van der Waals surface area contributed by atoms with Crippen LogP contribution >= 0.6 is 0 Å². The highest BCUT2D eigenvalue weighted by molar-refractivity contribution is 5.55. The van der Waals surface area contributed by atoms with E-state index in [1.165, 1.54) is 30.2 Å². The quantitative estimate of drug-likeness (QED) is 0.842. The van der Waals surface area contributed by atoms with Gasteiger partial charge in [-0.05, 0) is 54.7 Å².